The second-order valence-electron chi connectivity index (χ2n) is 3.35. The molecule has 2 amide bonds. The van der Waals surface area contributed by atoms with Crippen molar-refractivity contribution < 1.29 is 14.7 Å². The van der Waals surface area contributed by atoms with E-state index in [1.54, 1.807) is 25.1 Å². The van der Waals surface area contributed by atoms with Crippen molar-refractivity contribution in [3.63, 3.8) is 0 Å². The molecule has 0 bridgehead atoms. The summed E-state index contributed by atoms with van der Waals surface area (Å²) in [5.74, 6) is -1.58. The number of aliphatic hydroxyl groups is 1. The van der Waals surface area contributed by atoms with E-state index in [1.165, 1.54) is 0 Å². The number of aliphatic hydroxyl groups excluding tert-OH is 1. The van der Waals surface area contributed by atoms with Gasteiger partial charge in [0.25, 0.3) is 0 Å². The number of amides is 2. The molecule has 6 heteroatoms. The molecule has 0 saturated heterocycles. The Labute approximate surface area is 104 Å². The Morgan fingerprint density at radius 2 is 2.06 bits per heavy atom. The SMILES string of the molecule is Cc1c(Cl)cccc1NC(=O)C(=O)NCCO. The number of benzene rings is 1. The molecule has 0 aromatic heterocycles. The molecule has 0 spiro atoms. The third-order valence-corrected chi connectivity index (χ3v) is 2.53. The Kier molecular flexibility index (Phi) is 4.93. The standard InChI is InChI=1S/C11H13ClN2O3/c1-7-8(12)3-2-4-9(7)14-11(17)10(16)13-5-6-15/h2-4,15H,5-6H2,1H3,(H,13,16)(H,14,17). The molecule has 0 radical (unpaired) electrons. The van der Waals surface area contributed by atoms with Gasteiger partial charge < -0.3 is 15.7 Å². The number of halogens is 1. The van der Waals surface area contributed by atoms with Crippen molar-refractivity contribution in [2.24, 2.45) is 0 Å². The molecule has 17 heavy (non-hydrogen) atoms. The fourth-order valence-corrected chi connectivity index (χ4v) is 1.35. The summed E-state index contributed by atoms with van der Waals surface area (Å²) in [6.07, 6.45) is 0. The Balaban J connectivity index is 2.68. The zero-order valence-electron chi connectivity index (χ0n) is 9.29. The molecule has 1 aromatic carbocycles. The minimum atomic E-state index is -0.793. The average Bonchev–Trinajstić information content (AvgIpc) is 2.31. The summed E-state index contributed by atoms with van der Waals surface area (Å²) < 4.78 is 0. The van der Waals surface area contributed by atoms with Crippen LogP contribution < -0.4 is 10.6 Å². The molecule has 5 nitrogen and oxygen atoms in total. The van der Waals surface area contributed by atoms with Gasteiger partial charge in [-0.25, -0.2) is 0 Å². The summed E-state index contributed by atoms with van der Waals surface area (Å²) in [5.41, 5.74) is 1.18. The quantitative estimate of drug-likeness (QED) is 0.697. The highest BCUT2D eigenvalue weighted by Gasteiger charge is 2.14. The highest BCUT2D eigenvalue weighted by molar-refractivity contribution is 6.40. The van der Waals surface area contributed by atoms with Gasteiger partial charge in [-0.15, -0.1) is 0 Å². The maximum absolute atomic E-state index is 11.4. The number of carbonyl (C=O) groups excluding carboxylic acids is 2. The predicted molar refractivity (Wildman–Crippen MR) is 64.9 cm³/mol. The molecule has 0 aliphatic heterocycles. The summed E-state index contributed by atoms with van der Waals surface area (Å²) in [7, 11) is 0. The van der Waals surface area contributed by atoms with Gasteiger partial charge in [-0.2, -0.15) is 0 Å². The van der Waals surface area contributed by atoms with Crippen molar-refractivity contribution >= 4 is 29.1 Å². The summed E-state index contributed by atoms with van der Waals surface area (Å²) in [6, 6.07) is 5.02. The molecule has 0 heterocycles. The molecule has 0 saturated carbocycles. The lowest BCUT2D eigenvalue weighted by atomic mass is 10.2. The van der Waals surface area contributed by atoms with E-state index in [0.29, 0.717) is 16.3 Å². The van der Waals surface area contributed by atoms with E-state index in [2.05, 4.69) is 10.6 Å². The molecule has 0 aliphatic carbocycles. The number of rotatable bonds is 3. The topological polar surface area (TPSA) is 78.4 Å². The van der Waals surface area contributed by atoms with Crippen LogP contribution >= 0.6 is 11.6 Å². The second-order valence-corrected chi connectivity index (χ2v) is 3.75. The number of carbonyl (C=O) groups is 2. The molecule has 1 rings (SSSR count). The lowest BCUT2D eigenvalue weighted by Gasteiger charge is -2.09. The molecule has 0 fully saturated rings. The molecule has 92 valence electrons. The minimum Gasteiger partial charge on any atom is -0.395 e. The van der Waals surface area contributed by atoms with Gasteiger partial charge in [-0.3, -0.25) is 9.59 Å². The Morgan fingerprint density at radius 1 is 1.35 bits per heavy atom. The van der Waals surface area contributed by atoms with Gasteiger partial charge in [0, 0.05) is 17.3 Å². The van der Waals surface area contributed by atoms with Gasteiger partial charge in [0.05, 0.1) is 6.61 Å². The average molecular weight is 257 g/mol. The Morgan fingerprint density at radius 3 is 2.71 bits per heavy atom. The summed E-state index contributed by atoms with van der Waals surface area (Å²) in [5, 5.41) is 13.7. The third kappa shape index (κ3) is 3.72. The van der Waals surface area contributed by atoms with Crippen LogP contribution in [0.25, 0.3) is 0 Å². The highest BCUT2D eigenvalue weighted by Crippen LogP contribution is 2.22. The zero-order valence-corrected chi connectivity index (χ0v) is 10.0. The van der Waals surface area contributed by atoms with Crippen molar-refractivity contribution in [3.8, 4) is 0 Å². The first-order valence-corrected chi connectivity index (χ1v) is 5.39. The summed E-state index contributed by atoms with van der Waals surface area (Å²) in [4.78, 5) is 22.7. The molecule has 0 atom stereocenters. The molecule has 0 aliphatic rings. The lowest BCUT2D eigenvalue weighted by Crippen LogP contribution is -2.36. The van der Waals surface area contributed by atoms with Crippen LogP contribution in [0.1, 0.15) is 5.56 Å². The first-order chi connectivity index (χ1) is 8.06. The van der Waals surface area contributed by atoms with Crippen molar-refractivity contribution in [2.75, 3.05) is 18.5 Å². The minimum absolute atomic E-state index is 0.0424. The van der Waals surface area contributed by atoms with Crippen LogP contribution in [0, 0.1) is 6.92 Å². The van der Waals surface area contributed by atoms with Crippen molar-refractivity contribution in [2.45, 2.75) is 6.92 Å². The first kappa shape index (κ1) is 13.5. The fraction of sp³-hybridized carbons (Fsp3) is 0.273. The molecule has 1 aromatic rings. The molecule has 0 unspecified atom stereocenters. The number of hydrogen-bond donors (Lipinski definition) is 3. The fourth-order valence-electron chi connectivity index (χ4n) is 1.17. The monoisotopic (exact) mass is 256 g/mol. The van der Waals surface area contributed by atoms with Crippen molar-refractivity contribution in [1.82, 2.24) is 5.32 Å². The molecular formula is C11H13ClN2O3. The van der Waals surface area contributed by atoms with Gasteiger partial charge in [0.2, 0.25) is 0 Å². The largest absolute Gasteiger partial charge is 0.395 e. The van der Waals surface area contributed by atoms with Crippen LogP contribution in [-0.4, -0.2) is 30.1 Å². The van der Waals surface area contributed by atoms with Crippen LogP contribution in [0.3, 0.4) is 0 Å². The number of anilines is 1. The second kappa shape index (κ2) is 6.22. The summed E-state index contributed by atoms with van der Waals surface area (Å²) in [6.45, 7) is 1.57. The number of nitrogens with one attached hydrogen (secondary N) is 2. The predicted octanol–water partition coefficient (Wildman–Crippen LogP) is 0.695. The van der Waals surface area contributed by atoms with Crippen LogP contribution in [0.5, 0.6) is 0 Å². The van der Waals surface area contributed by atoms with Gasteiger partial charge in [0.1, 0.15) is 0 Å². The zero-order chi connectivity index (χ0) is 12.8. The summed E-state index contributed by atoms with van der Waals surface area (Å²) >= 11 is 5.88. The third-order valence-electron chi connectivity index (χ3n) is 2.12. The molecular weight excluding hydrogens is 244 g/mol. The Hall–Kier alpha value is -1.59. The van der Waals surface area contributed by atoms with E-state index in [1.807, 2.05) is 0 Å². The van der Waals surface area contributed by atoms with Gasteiger partial charge >= 0.3 is 11.8 Å². The van der Waals surface area contributed by atoms with Gasteiger partial charge in [-0.05, 0) is 24.6 Å². The van der Waals surface area contributed by atoms with Gasteiger partial charge in [0.15, 0.2) is 0 Å². The van der Waals surface area contributed by atoms with E-state index < -0.39 is 11.8 Å². The maximum Gasteiger partial charge on any atom is 0.313 e. The van der Waals surface area contributed by atoms with Crippen molar-refractivity contribution in [3.05, 3.63) is 28.8 Å². The Bertz CT molecular complexity index is 435. The van der Waals surface area contributed by atoms with Crippen LogP contribution in [0.15, 0.2) is 18.2 Å². The van der Waals surface area contributed by atoms with Crippen LogP contribution in [0.2, 0.25) is 5.02 Å². The van der Waals surface area contributed by atoms with E-state index in [9.17, 15) is 9.59 Å². The molecule has 3 N–H and O–H groups in total. The highest BCUT2D eigenvalue weighted by atomic mass is 35.5. The van der Waals surface area contributed by atoms with Gasteiger partial charge in [-0.1, -0.05) is 17.7 Å². The van der Waals surface area contributed by atoms with E-state index in [-0.39, 0.29) is 13.2 Å². The van der Waals surface area contributed by atoms with Crippen LogP contribution in [-0.2, 0) is 9.59 Å². The van der Waals surface area contributed by atoms with Crippen molar-refractivity contribution in [1.29, 1.82) is 0 Å². The maximum atomic E-state index is 11.4. The normalized spacial score (nSPS) is 9.82. The smallest absolute Gasteiger partial charge is 0.313 e. The lowest BCUT2D eigenvalue weighted by molar-refractivity contribution is -0.136. The van der Waals surface area contributed by atoms with E-state index >= 15 is 0 Å². The van der Waals surface area contributed by atoms with E-state index in [0.717, 1.165) is 0 Å². The van der Waals surface area contributed by atoms with E-state index in [4.69, 9.17) is 16.7 Å². The first-order valence-electron chi connectivity index (χ1n) is 5.01. The van der Waals surface area contributed by atoms with Crippen LogP contribution in [0.4, 0.5) is 5.69 Å². The number of hydrogen-bond acceptors (Lipinski definition) is 3.